The van der Waals surface area contributed by atoms with E-state index in [1.54, 1.807) is 0 Å². The number of H-pyrrole nitrogens is 1. The predicted octanol–water partition coefficient (Wildman–Crippen LogP) is 4.99. The zero-order chi connectivity index (χ0) is 28.5. The van der Waals surface area contributed by atoms with E-state index in [-0.39, 0.29) is 33.3 Å². The van der Waals surface area contributed by atoms with E-state index in [0.29, 0.717) is 6.33 Å². The van der Waals surface area contributed by atoms with Crippen LogP contribution in [0.5, 0.6) is 17.2 Å². The number of nitrogen functional groups attached to an aromatic ring is 1. The first-order valence-corrected chi connectivity index (χ1v) is 10.9. The van der Waals surface area contributed by atoms with Gasteiger partial charge in [-0.3, -0.25) is 14.2 Å². The Kier molecular flexibility index (Phi) is 7.28. The average molecular weight is 574 g/mol. The first-order chi connectivity index (χ1) is 18.2. The summed E-state index contributed by atoms with van der Waals surface area (Å²) >= 11 is 5.86. The van der Waals surface area contributed by atoms with Gasteiger partial charge in [0.05, 0.1) is 24.1 Å². The Hall–Kier alpha value is -4.53. The molecule has 9 nitrogen and oxygen atoms in total. The van der Waals surface area contributed by atoms with Crippen LogP contribution in [-0.4, -0.2) is 26.1 Å². The van der Waals surface area contributed by atoms with Crippen molar-refractivity contribution in [2.45, 2.75) is 19.1 Å². The molecule has 2 aromatic heterocycles. The summed E-state index contributed by atoms with van der Waals surface area (Å²) in [5, 5.41) is 6.00. The number of nitrogens with two attached hydrogens (primary N) is 1. The van der Waals surface area contributed by atoms with Gasteiger partial charge in [-0.15, -0.1) is 13.2 Å². The van der Waals surface area contributed by atoms with Gasteiger partial charge in [0.2, 0.25) is 5.75 Å². The van der Waals surface area contributed by atoms with Gasteiger partial charge in [0, 0.05) is 16.8 Å². The van der Waals surface area contributed by atoms with E-state index >= 15 is 0 Å². The molecule has 204 valence electrons. The molecule has 0 aliphatic rings. The Morgan fingerprint density at radius 3 is 2.28 bits per heavy atom. The number of nitrogens with one attached hydrogen (secondary N) is 1. The standard InChI is InChI=1S/C23H14ClF6N5O4/c24-12-5-13(31)7-16(6-12)38-18-19(22(25,26)27)32-10-35(21(18)37)9-14-8-17(20(36)34-33-14)11-1-3-15(4-2-11)39-23(28,29)30/h1-8,10H,9,31H2,(H,34,36). The number of halogens is 7. The van der Waals surface area contributed by atoms with E-state index in [2.05, 4.69) is 19.9 Å². The molecule has 0 radical (unpaired) electrons. The number of nitrogens with zero attached hydrogens (tertiary/aromatic N) is 3. The van der Waals surface area contributed by atoms with Crippen LogP contribution in [0.4, 0.5) is 32.0 Å². The summed E-state index contributed by atoms with van der Waals surface area (Å²) in [5.41, 5.74) is 2.28. The molecule has 0 unspecified atom stereocenters. The summed E-state index contributed by atoms with van der Waals surface area (Å²) in [4.78, 5) is 28.6. The fraction of sp³-hybridized carbons (Fsp3) is 0.130. The number of rotatable bonds is 6. The van der Waals surface area contributed by atoms with Crippen LogP contribution in [0.25, 0.3) is 11.1 Å². The number of ether oxygens (including phenoxy) is 2. The van der Waals surface area contributed by atoms with Crippen molar-refractivity contribution in [1.82, 2.24) is 19.7 Å². The molecule has 0 fully saturated rings. The molecule has 0 spiro atoms. The molecule has 0 amide bonds. The van der Waals surface area contributed by atoms with E-state index in [1.807, 2.05) is 0 Å². The first kappa shape index (κ1) is 27.5. The highest BCUT2D eigenvalue weighted by atomic mass is 35.5. The first-order valence-electron chi connectivity index (χ1n) is 10.5. The maximum atomic E-state index is 13.6. The van der Waals surface area contributed by atoms with Crippen LogP contribution in [0.3, 0.4) is 0 Å². The average Bonchev–Trinajstić information content (AvgIpc) is 2.81. The summed E-state index contributed by atoms with van der Waals surface area (Å²) in [5.74, 6) is -1.92. The number of aromatic nitrogens is 4. The lowest BCUT2D eigenvalue weighted by Gasteiger charge is -2.15. The van der Waals surface area contributed by atoms with E-state index in [9.17, 15) is 35.9 Å². The van der Waals surface area contributed by atoms with Crippen molar-refractivity contribution in [3.05, 3.63) is 92.0 Å². The number of hydrogen-bond acceptors (Lipinski definition) is 7. The molecule has 0 saturated carbocycles. The summed E-state index contributed by atoms with van der Waals surface area (Å²) in [7, 11) is 0. The molecule has 0 aliphatic heterocycles. The topological polar surface area (TPSA) is 125 Å². The zero-order valence-corrected chi connectivity index (χ0v) is 19.9. The van der Waals surface area contributed by atoms with Gasteiger partial charge >= 0.3 is 12.5 Å². The van der Waals surface area contributed by atoms with E-state index < -0.39 is 47.4 Å². The molecular formula is C23H14ClF6N5O4. The Labute approximate surface area is 218 Å². The summed E-state index contributed by atoms with van der Waals surface area (Å²) < 4.78 is 87.7. The highest BCUT2D eigenvalue weighted by molar-refractivity contribution is 6.31. The number of alkyl halides is 6. The minimum atomic E-state index is -5.05. The third kappa shape index (κ3) is 6.67. The van der Waals surface area contributed by atoms with Gasteiger partial charge < -0.3 is 15.2 Å². The lowest BCUT2D eigenvalue weighted by atomic mass is 10.1. The molecule has 2 aromatic carbocycles. The fourth-order valence-corrected chi connectivity index (χ4v) is 3.62. The highest BCUT2D eigenvalue weighted by Gasteiger charge is 2.39. The monoisotopic (exact) mass is 573 g/mol. The van der Waals surface area contributed by atoms with Crippen LogP contribution in [0, 0.1) is 0 Å². The third-order valence-corrected chi connectivity index (χ3v) is 5.18. The largest absolute Gasteiger partial charge is 0.573 e. The van der Waals surface area contributed by atoms with Crippen molar-refractivity contribution in [2.24, 2.45) is 0 Å². The van der Waals surface area contributed by atoms with Crippen LogP contribution >= 0.6 is 11.6 Å². The van der Waals surface area contributed by atoms with Crippen molar-refractivity contribution >= 4 is 17.3 Å². The SMILES string of the molecule is Nc1cc(Cl)cc(Oc2c(C(F)(F)F)ncn(Cc3cc(-c4ccc(OC(F)(F)F)cc4)c(=O)[nH]n3)c2=O)c1. The smallest absolute Gasteiger partial charge is 0.449 e. The van der Waals surface area contributed by atoms with E-state index in [0.717, 1.165) is 28.8 Å². The molecule has 0 saturated heterocycles. The lowest BCUT2D eigenvalue weighted by Crippen LogP contribution is -2.27. The molecular weight excluding hydrogens is 560 g/mol. The molecule has 3 N–H and O–H groups in total. The Morgan fingerprint density at radius 2 is 1.67 bits per heavy atom. The summed E-state index contributed by atoms with van der Waals surface area (Å²) in [6, 6.07) is 9.17. The quantitative estimate of drug-likeness (QED) is 0.246. The molecule has 4 aromatic rings. The van der Waals surface area contributed by atoms with Gasteiger partial charge in [0.1, 0.15) is 11.5 Å². The van der Waals surface area contributed by atoms with Gasteiger partial charge in [-0.1, -0.05) is 23.7 Å². The zero-order valence-electron chi connectivity index (χ0n) is 19.1. The summed E-state index contributed by atoms with van der Waals surface area (Å²) in [6.07, 6.45) is -9.34. The highest BCUT2D eigenvalue weighted by Crippen LogP contribution is 2.35. The molecule has 2 heterocycles. The van der Waals surface area contributed by atoms with Crippen LogP contribution in [0.15, 0.2) is 64.4 Å². The van der Waals surface area contributed by atoms with Crippen LogP contribution in [0.2, 0.25) is 5.02 Å². The van der Waals surface area contributed by atoms with Crippen molar-refractivity contribution < 1.29 is 35.8 Å². The van der Waals surface area contributed by atoms with Crippen molar-refractivity contribution in [3.8, 4) is 28.4 Å². The Bertz CT molecular complexity index is 1610. The maximum absolute atomic E-state index is 13.6. The minimum absolute atomic E-state index is 0.00169. The van der Waals surface area contributed by atoms with E-state index in [1.165, 1.54) is 24.3 Å². The van der Waals surface area contributed by atoms with Crippen molar-refractivity contribution in [3.63, 3.8) is 0 Å². The second kappa shape index (κ2) is 10.3. The number of anilines is 1. The molecule has 4 rings (SSSR count). The van der Waals surface area contributed by atoms with Gasteiger partial charge in [0.15, 0.2) is 5.69 Å². The summed E-state index contributed by atoms with van der Waals surface area (Å²) in [6.45, 7) is -0.461. The molecule has 16 heteroatoms. The number of aromatic amines is 1. The molecule has 0 bridgehead atoms. The predicted molar refractivity (Wildman–Crippen MR) is 126 cm³/mol. The van der Waals surface area contributed by atoms with Crippen LogP contribution in [-0.2, 0) is 12.7 Å². The minimum Gasteiger partial charge on any atom is -0.449 e. The number of hydrogen-bond donors (Lipinski definition) is 2. The van der Waals surface area contributed by atoms with Gasteiger partial charge in [-0.2, -0.15) is 18.3 Å². The maximum Gasteiger partial charge on any atom is 0.573 e. The van der Waals surface area contributed by atoms with Crippen molar-refractivity contribution in [2.75, 3.05) is 5.73 Å². The normalized spacial score (nSPS) is 11.9. The van der Waals surface area contributed by atoms with Crippen LogP contribution in [0.1, 0.15) is 11.4 Å². The Balaban J connectivity index is 1.69. The molecule has 0 aliphatic carbocycles. The number of benzene rings is 2. The second-order valence-electron chi connectivity index (χ2n) is 7.85. The van der Waals surface area contributed by atoms with Crippen LogP contribution < -0.4 is 26.3 Å². The van der Waals surface area contributed by atoms with Crippen molar-refractivity contribution in [1.29, 1.82) is 0 Å². The van der Waals surface area contributed by atoms with Gasteiger partial charge in [0.25, 0.3) is 11.1 Å². The fourth-order valence-electron chi connectivity index (χ4n) is 3.39. The van der Waals surface area contributed by atoms with Gasteiger partial charge in [-0.05, 0) is 35.9 Å². The lowest BCUT2D eigenvalue weighted by molar-refractivity contribution is -0.274. The van der Waals surface area contributed by atoms with Gasteiger partial charge in [-0.25, -0.2) is 10.1 Å². The van der Waals surface area contributed by atoms with E-state index in [4.69, 9.17) is 22.1 Å². The third-order valence-electron chi connectivity index (χ3n) is 4.97. The molecule has 39 heavy (non-hydrogen) atoms. The molecule has 0 atom stereocenters. The second-order valence-corrected chi connectivity index (χ2v) is 8.29. The Morgan fingerprint density at radius 1 is 0.974 bits per heavy atom.